The van der Waals surface area contributed by atoms with Gasteiger partial charge in [-0.25, -0.2) is 4.39 Å². The van der Waals surface area contributed by atoms with Crippen molar-refractivity contribution < 1.29 is 19.0 Å². The van der Waals surface area contributed by atoms with Crippen LogP contribution >= 0.6 is 0 Å². The minimum atomic E-state index is -0.395. The lowest BCUT2D eigenvalue weighted by molar-refractivity contribution is -0.140. The molecule has 6 heteroatoms. The summed E-state index contributed by atoms with van der Waals surface area (Å²) in [5, 5.41) is 9.68. The number of rotatable bonds is 3. The smallest absolute Gasteiger partial charge is 0.253 e. The number of carbonyl (C=O) groups excluding carboxylic acids is 1. The van der Waals surface area contributed by atoms with Crippen molar-refractivity contribution in [1.82, 2.24) is 4.90 Å². The Morgan fingerprint density at radius 1 is 1.11 bits per heavy atom. The Hall–Kier alpha value is -2.44. The molecule has 1 spiro atoms. The van der Waals surface area contributed by atoms with E-state index in [9.17, 15) is 14.3 Å². The molecule has 2 fully saturated rings. The standard InChI is InChI=1S/C22H25FN2O3/c23-18-5-2-6-19(13-18)25-16-22(28-15-21(25)27)8-3-10-24(11-9-22)14-17-4-1-7-20(26)12-17/h1-2,4-7,12-13,26H,3,8-11,14-16H2. The Bertz CT molecular complexity index is 859. The molecule has 0 aliphatic carbocycles. The van der Waals surface area contributed by atoms with E-state index in [0.717, 1.165) is 44.5 Å². The Kier molecular flexibility index (Phi) is 5.33. The van der Waals surface area contributed by atoms with Crippen LogP contribution in [0.1, 0.15) is 24.8 Å². The maximum absolute atomic E-state index is 13.6. The number of aromatic hydroxyl groups is 1. The number of phenolic OH excluding ortho intramolecular Hbond substituents is 1. The van der Waals surface area contributed by atoms with E-state index < -0.39 is 5.60 Å². The number of morpholine rings is 1. The van der Waals surface area contributed by atoms with Gasteiger partial charge in [0, 0.05) is 18.8 Å². The third kappa shape index (κ3) is 4.18. The van der Waals surface area contributed by atoms with Gasteiger partial charge in [0.25, 0.3) is 5.91 Å². The maximum Gasteiger partial charge on any atom is 0.253 e. The fraction of sp³-hybridized carbons (Fsp3) is 0.409. The highest BCUT2D eigenvalue weighted by Gasteiger charge is 2.41. The van der Waals surface area contributed by atoms with E-state index in [1.54, 1.807) is 29.2 Å². The summed E-state index contributed by atoms with van der Waals surface area (Å²) >= 11 is 0. The van der Waals surface area contributed by atoms with Crippen molar-refractivity contribution in [2.24, 2.45) is 0 Å². The lowest BCUT2D eigenvalue weighted by Gasteiger charge is -2.42. The summed E-state index contributed by atoms with van der Waals surface area (Å²) in [6.45, 7) is 3.05. The molecular formula is C22H25FN2O3. The highest BCUT2D eigenvalue weighted by atomic mass is 19.1. The third-order valence-electron chi connectivity index (χ3n) is 5.68. The van der Waals surface area contributed by atoms with Gasteiger partial charge >= 0.3 is 0 Å². The van der Waals surface area contributed by atoms with E-state index in [0.29, 0.717) is 12.2 Å². The van der Waals surface area contributed by atoms with Crippen LogP contribution in [0, 0.1) is 5.82 Å². The number of phenols is 1. The van der Waals surface area contributed by atoms with Crippen molar-refractivity contribution in [3.8, 4) is 5.75 Å². The van der Waals surface area contributed by atoms with Crippen molar-refractivity contribution in [2.45, 2.75) is 31.4 Å². The van der Waals surface area contributed by atoms with Crippen LogP contribution in [0.25, 0.3) is 0 Å². The van der Waals surface area contributed by atoms with Crippen LogP contribution in [0.5, 0.6) is 5.75 Å². The molecule has 0 bridgehead atoms. The number of ether oxygens (including phenoxy) is 1. The molecule has 2 saturated heterocycles. The molecule has 1 amide bonds. The minimum absolute atomic E-state index is 0.0308. The van der Waals surface area contributed by atoms with Gasteiger partial charge in [0.1, 0.15) is 18.2 Å². The SMILES string of the molecule is O=C1COC2(CCCN(Cc3cccc(O)c3)CC2)CN1c1cccc(F)c1. The Morgan fingerprint density at radius 3 is 2.79 bits per heavy atom. The number of halogens is 1. The molecule has 1 atom stereocenters. The molecule has 0 radical (unpaired) electrons. The van der Waals surface area contributed by atoms with E-state index in [1.165, 1.54) is 12.1 Å². The van der Waals surface area contributed by atoms with Crippen LogP contribution in [0.2, 0.25) is 0 Å². The Morgan fingerprint density at radius 2 is 1.96 bits per heavy atom. The number of nitrogens with zero attached hydrogens (tertiary/aromatic N) is 2. The van der Waals surface area contributed by atoms with Crippen LogP contribution in [0.4, 0.5) is 10.1 Å². The quantitative estimate of drug-likeness (QED) is 0.882. The second-order valence-electron chi connectivity index (χ2n) is 7.73. The number of amides is 1. The topological polar surface area (TPSA) is 53.0 Å². The Labute approximate surface area is 164 Å². The minimum Gasteiger partial charge on any atom is -0.508 e. The molecule has 28 heavy (non-hydrogen) atoms. The molecule has 2 aliphatic heterocycles. The summed E-state index contributed by atoms with van der Waals surface area (Å²) in [6, 6.07) is 13.5. The predicted octanol–water partition coefficient (Wildman–Crippen LogP) is 3.32. The zero-order valence-corrected chi connectivity index (χ0v) is 15.8. The summed E-state index contributed by atoms with van der Waals surface area (Å²) in [4.78, 5) is 16.4. The highest BCUT2D eigenvalue weighted by Crippen LogP contribution is 2.33. The van der Waals surface area contributed by atoms with Crippen LogP contribution in [0.15, 0.2) is 48.5 Å². The first-order valence-electron chi connectivity index (χ1n) is 9.73. The number of benzene rings is 2. The molecule has 4 rings (SSSR count). The third-order valence-corrected chi connectivity index (χ3v) is 5.68. The van der Waals surface area contributed by atoms with Gasteiger partial charge in [-0.2, -0.15) is 0 Å². The van der Waals surface area contributed by atoms with Crippen molar-refractivity contribution in [3.05, 3.63) is 59.9 Å². The Balaban J connectivity index is 1.45. The van der Waals surface area contributed by atoms with Crippen molar-refractivity contribution in [2.75, 3.05) is 31.1 Å². The summed E-state index contributed by atoms with van der Waals surface area (Å²) < 4.78 is 19.7. The van der Waals surface area contributed by atoms with E-state index in [2.05, 4.69) is 4.90 Å². The lowest BCUT2D eigenvalue weighted by atomic mass is 9.92. The first-order valence-corrected chi connectivity index (χ1v) is 9.73. The van der Waals surface area contributed by atoms with E-state index in [4.69, 9.17) is 4.74 Å². The average Bonchev–Trinajstić information content (AvgIpc) is 2.87. The molecule has 2 aromatic rings. The van der Waals surface area contributed by atoms with Crippen molar-refractivity contribution in [3.63, 3.8) is 0 Å². The zero-order valence-electron chi connectivity index (χ0n) is 15.8. The molecule has 0 aromatic heterocycles. The second kappa shape index (κ2) is 7.89. The molecule has 2 heterocycles. The number of carbonyl (C=O) groups is 1. The largest absolute Gasteiger partial charge is 0.508 e. The summed E-state index contributed by atoms with van der Waals surface area (Å²) in [5.41, 5.74) is 1.28. The molecule has 1 N–H and O–H groups in total. The van der Waals surface area contributed by atoms with Gasteiger partial charge in [-0.3, -0.25) is 9.69 Å². The monoisotopic (exact) mass is 384 g/mol. The predicted molar refractivity (Wildman–Crippen MR) is 105 cm³/mol. The molecular weight excluding hydrogens is 359 g/mol. The first-order chi connectivity index (χ1) is 13.5. The number of hydrogen-bond donors (Lipinski definition) is 1. The number of anilines is 1. The van der Waals surface area contributed by atoms with Gasteiger partial charge in [0.05, 0.1) is 12.1 Å². The van der Waals surface area contributed by atoms with Crippen molar-refractivity contribution >= 4 is 11.6 Å². The first kappa shape index (κ1) is 18.9. The summed E-state index contributed by atoms with van der Waals surface area (Å²) in [7, 11) is 0. The lowest BCUT2D eigenvalue weighted by Crippen LogP contribution is -2.55. The number of likely N-dealkylation sites (tertiary alicyclic amines) is 1. The molecule has 5 nitrogen and oxygen atoms in total. The second-order valence-corrected chi connectivity index (χ2v) is 7.73. The summed E-state index contributed by atoms with van der Waals surface area (Å²) in [6.07, 6.45) is 2.64. The van der Waals surface area contributed by atoms with E-state index >= 15 is 0 Å². The fourth-order valence-corrected chi connectivity index (χ4v) is 4.19. The van der Waals surface area contributed by atoms with Gasteiger partial charge in [-0.05, 0) is 61.7 Å². The average molecular weight is 384 g/mol. The van der Waals surface area contributed by atoms with Gasteiger partial charge in [0.2, 0.25) is 0 Å². The summed E-state index contributed by atoms with van der Waals surface area (Å²) in [5.74, 6) is -0.190. The normalized spacial score (nSPS) is 23.8. The van der Waals surface area contributed by atoms with Gasteiger partial charge in [-0.1, -0.05) is 18.2 Å². The molecule has 2 aliphatic rings. The van der Waals surface area contributed by atoms with Gasteiger partial charge in [0.15, 0.2) is 0 Å². The molecule has 1 unspecified atom stereocenters. The van der Waals surface area contributed by atoms with Crippen LogP contribution in [-0.4, -0.2) is 47.8 Å². The van der Waals surface area contributed by atoms with Gasteiger partial charge < -0.3 is 14.7 Å². The molecule has 2 aromatic carbocycles. The maximum atomic E-state index is 13.6. The zero-order chi connectivity index (χ0) is 19.6. The molecule has 148 valence electrons. The van der Waals surface area contributed by atoms with E-state index in [-0.39, 0.29) is 24.1 Å². The van der Waals surface area contributed by atoms with Gasteiger partial charge in [-0.15, -0.1) is 0 Å². The fourth-order valence-electron chi connectivity index (χ4n) is 4.19. The van der Waals surface area contributed by atoms with E-state index in [1.807, 2.05) is 12.1 Å². The van der Waals surface area contributed by atoms with Crippen LogP contribution < -0.4 is 4.90 Å². The van der Waals surface area contributed by atoms with Crippen LogP contribution in [0.3, 0.4) is 0 Å². The van der Waals surface area contributed by atoms with Crippen LogP contribution in [-0.2, 0) is 16.1 Å². The number of hydrogen-bond acceptors (Lipinski definition) is 4. The van der Waals surface area contributed by atoms with Crippen molar-refractivity contribution in [1.29, 1.82) is 0 Å². The molecule has 0 saturated carbocycles. The highest BCUT2D eigenvalue weighted by molar-refractivity contribution is 5.95.